The SMILES string of the molecule is O=C(c1ccc(Oc2ccc(F)cc2F)cc1)N1CCCC(CO)C1. The number of likely N-dealkylation sites (tertiary alicyclic amines) is 1. The van der Waals surface area contributed by atoms with Crippen molar-refractivity contribution in [1.29, 1.82) is 0 Å². The summed E-state index contributed by atoms with van der Waals surface area (Å²) in [5.41, 5.74) is 0.505. The van der Waals surface area contributed by atoms with Crippen LogP contribution in [0.25, 0.3) is 0 Å². The number of carbonyl (C=O) groups excluding carboxylic acids is 1. The van der Waals surface area contributed by atoms with E-state index in [-0.39, 0.29) is 24.2 Å². The van der Waals surface area contributed by atoms with E-state index < -0.39 is 11.6 Å². The van der Waals surface area contributed by atoms with Crippen molar-refractivity contribution in [3.05, 3.63) is 59.7 Å². The number of amides is 1. The van der Waals surface area contributed by atoms with E-state index in [0.29, 0.717) is 24.4 Å². The number of ether oxygens (including phenoxy) is 1. The molecule has 2 aromatic carbocycles. The highest BCUT2D eigenvalue weighted by atomic mass is 19.1. The number of aliphatic hydroxyl groups excluding tert-OH is 1. The number of aliphatic hydroxyl groups is 1. The molecule has 1 unspecified atom stereocenters. The molecule has 0 radical (unpaired) electrons. The molecule has 0 saturated carbocycles. The molecule has 0 spiro atoms. The van der Waals surface area contributed by atoms with Gasteiger partial charge in [0.25, 0.3) is 5.91 Å². The number of nitrogens with zero attached hydrogens (tertiary/aromatic N) is 1. The second-order valence-corrected chi connectivity index (χ2v) is 6.14. The first kappa shape index (κ1) is 17.4. The highest BCUT2D eigenvalue weighted by Crippen LogP contribution is 2.26. The zero-order chi connectivity index (χ0) is 17.8. The van der Waals surface area contributed by atoms with Crippen molar-refractivity contribution >= 4 is 5.91 Å². The molecule has 0 aromatic heterocycles. The van der Waals surface area contributed by atoms with Gasteiger partial charge in [0, 0.05) is 31.3 Å². The Morgan fingerprint density at radius 1 is 1.20 bits per heavy atom. The van der Waals surface area contributed by atoms with Crippen LogP contribution in [0.1, 0.15) is 23.2 Å². The summed E-state index contributed by atoms with van der Waals surface area (Å²) in [5.74, 6) is -1.16. The van der Waals surface area contributed by atoms with Crippen molar-refractivity contribution in [2.75, 3.05) is 19.7 Å². The molecular weight excluding hydrogens is 328 g/mol. The average Bonchev–Trinajstić information content (AvgIpc) is 2.64. The third-order valence-electron chi connectivity index (χ3n) is 4.29. The van der Waals surface area contributed by atoms with Gasteiger partial charge in [0.2, 0.25) is 0 Å². The predicted molar refractivity (Wildman–Crippen MR) is 88.6 cm³/mol. The summed E-state index contributed by atoms with van der Waals surface area (Å²) in [5, 5.41) is 9.27. The van der Waals surface area contributed by atoms with E-state index in [1.165, 1.54) is 6.07 Å². The van der Waals surface area contributed by atoms with Gasteiger partial charge in [0.05, 0.1) is 0 Å². The standard InChI is InChI=1S/C19H19F2NO3/c20-15-5-8-18(17(21)10-15)25-16-6-3-14(4-7-16)19(24)22-9-1-2-13(11-22)12-23/h3-8,10,13,23H,1-2,9,11-12H2. The van der Waals surface area contributed by atoms with E-state index in [2.05, 4.69) is 0 Å². The fraction of sp³-hybridized carbons (Fsp3) is 0.316. The zero-order valence-corrected chi connectivity index (χ0v) is 13.6. The van der Waals surface area contributed by atoms with Gasteiger partial charge < -0.3 is 14.7 Å². The molecule has 1 aliphatic heterocycles. The monoisotopic (exact) mass is 347 g/mol. The van der Waals surface area contributed by atoms with Gasteiger partial charge in [-0.3, -0.25) is 4.79 Å². The topological polar surface area (TPSA) is 49.8 Å². The lowest BCUT2D eigenvalue weighted by atomic mass is 9.98. The molecule has 4 nitrogen and oxygen atoms in total. The number of carbonyl (C=O) groups is 1. The maximum Gasteiger partial charge on any atom is 0.253 e. The van der Waals surface area contributed by atoms with Crippen LogP contribution in [0.4, 0.5) is 8.78 Å². The molecule has 132 valence electrons. The Hall–Kier alpha value is -2.47. The molecule has 6 heteroatoms. The zero-order valence-electron chi connectivity index (χ0n) is 13.6. The summed E-state index contributed by atoms with van der Waals surface area (Å²) >= 11 is 0. The summed E-state index contributed by atoms with van der Waals surface area (Å²) in [6.45, 7) is 1.31. The summed E-state index contributed by atoms with van der Waals surface area (Å²) in [6, 6.07) is 9.45. The fourth-order valence-electron chi connectivity index (χ4n) is 2.93. The molecule has 3 rings (SSSR count). The normalized spacial score (nSPS) is 17.4. The van der Waals surface area contributed by atoms with Gasteiger partial charge in [-0.05, 0) is 55.2 Å². The molecule has 1 atom stereocenters. The number of hydrogen-bond acceptors (Lipinski definition) is 3. The summed E-state index contributed by atoms with van der Waals surface area (Å²) in [6.07, 6.45) is 1.80. The molecule has 1 amide bonds. The highest BCUT2D eigenvalue weighted by molar-refractivity contribution is 5.94. The van der Waals surface area contributed by atoms with Crippen molar-refractivity contribution in [2.24, 2.45) is 5.92 Å². The minimum absolute atomic E-state index is 0.0812. The number of piperidine rings is 1. The van der Waals surface area contributed by atoms with Gasteiger partial charge >= 0.3 is 0 Å². The van der Waals surface area contributed by atoms with E-state index in [1.807, 2.05) is 0 Å². The number of hydrogen-bond donors (Lipinski definition) is 1. The molecular formula is C19H19F2NO3. The van der Waals surface area contributed by atoms with Crippen LogP contribution in [0.5, 0.6) is 11.5 Å². The van der Waals surface area contributed by atoms with Crippen LogP contribution in [0, 0.1) is 17.6 Å². The first-order valence-electron chi connectivity index (χ1n) is 8.20. The maximum absolute atomic E-state index is 13.6. The Labute approximate surface area is 144 Å². The van der Waals surface area contributed by atoms with Gasteiger partial charge in [-0.15, -0.1) is 0 Å². The molecule has 25 heavy (non-hydrogen) atoms. The average molecular weight is 347 g/mol. The molecule has 1 heterocycles. The van der Waals surface area contributed by atoms with E-state index >= 15 is 0 Å². The van der Waals surface area contributed by atoms with Crippen LogP contribution in [-0.4, -0.2) is 35.6 Å². The molecule has 0 aliphatic carbocycles. The van der Waals surface area contributed by atoms with Crippen molar-refractivity contribution < 1.29 is 23.4 Å². The second-order valence-electron chi connectivity index (χ2n) is 6.14. The number of rotatable bonds is 4. The van der Waals surface area contributed by atoms with Gasteiger partial charge in [-0.25, -0.2) is 8.78 Å². The molecule has 1 saturated heterocycles. The molecule has 2 aromatic rings. The number of halogens is 2. The molecule has 0 bridgehead atoms. The van der Waals surface area contributed by atoms with Gasteiger partial charge in [0.15, 0.2) is 11.6 Å². The summed E-state index contributed by atoms with van der Waals surface area (Å²) < 4.78 is 31.9. The van der Waals surface area contributed by atoms with Crippen molar-refractivity contribution in [2.45, 2.75) is 12.8 Å². The van der Waals surface area contributed by atoms with Crippen LogP contribution in [0.15, 0.2) is 42.5 Å². The summed E-state index contributed by atoms with van der Waals surface area (Å²) in [4.78, 5) is 14.3. The van der Waals surface area contributed by atoms with E-state index in [1.54, 1.807) is 29.2 Å². The molecule has 1 fully saturated rings. The largest absolute Gasteiger partial charge is 0.454 e. The Balaban J connectivity index is 1.68. The fourth-order valence-corrected chi connectivity index (χ4v) is 2.93. The maximum atomic E-state index is 13.6. The Morgan fingerprint density at radius 3 is 2.64 bits per heavy atom. The minimum atomic E-state index is -0.788. The van der Waals surface area contributed by atoms with Crippen LogP contribution in [-0.2, 0) is 0 Å². The van der Waals surface area contributed by atoms with Crippen molar-refractivity contribution in [3.8, 4) is 11.5 Å². The highest BCUT2D eigenvalue weighted by Gasteiger charge is 2.24. The molecule has 1 N–H and O–H groups in total. The molecule has 1 aliphatic rings. The Kier molecular flexibility index (Phi) is 5.28. The van der Waals surface area contributed by atoms with Crippen molar-refractivity contribution in [1.82, 2.24) is 4.90 Å². The smallest absolute Gasteiger partial charge is 0.253 e. The lowest BCUT2D eigenvalue weighted by molar-refractivity contribution is 0.0620. The Morgan fingerprint density at radius 2 is 1.96 bits per heavy atom. The first-order chi connectivity index (χ1) is 12.1. The van der Waals surface area contributed by atoms with Gasteiger partial charge in [-0.1, -0.05) is 0 Å². The quantitative estimate of drug-likeness (QED) is 0.919. The minimum Gasteiger partial charge on any atom is -0.454 e. The van der Waals surface area contributed by atoms with Crippen molar-refractivity contribution in [3.63, 3.8) is 0 Å². The van der Waals surface area contributed by atoms with E-state index in [9.17, 15) is 18.7 Å². The third-order valence-corrected chi connectivity index (χ3v) is 4.29. The van der Waals surface area contributed by atoms with Gasteiger partial charge in [0.1, 0.15) is 11.6 Å². The van der Waals surface area contributed by atoms with Crippen LogP contribution in [0.3, 0.4) is 0 Å². The Bertz CT molecular complexity index is 749. The number of benzene rings is 2. The van der Waals surface area contributed by atoms with E-state index in [0.717, 1.165) is 25.0 Å². The van der Waals surface area contributed by atoms with Gasteiger partial charge in [-0.2, -0.15) is 0 Å². The lowest BCUT2D eigenvalue weighted by Crippen LogP contribution is -2.40. The van der Waals surface area contributed by atoms with Crippen LogP contribution in [0.2, 0.25) is 0 Å². The van der Waals surface area contributed by atoms with Crippen LogP contribution >= 0.6 is 0 Å². The first-order valence-corrected chi connectivity index (χ1v) is 8.20. The lowest BCUT2D eigenvalue weighted by Gasteiger charge is -2.31. The second kappa shape index (κ2) is 7.61. The summed E-state index contributed by atoms with van der Waals surface area (Å²) in [7, 11) is 0. The third kappa shape index (κ3) is 4.14. The van der Waals surface area contributed by atoms with Crippen LogP contribution < -0.4 is 4.74 Å². The van der Waals surface area contributed by atoms with E-state index in [4.69, 9.17) is 4.74 Å². The predicted octanol–water partition coefficient (Wildman–Crippen LogP) is 3.60.